The zero-order valence-electron chi connectivity index (χ0n) is 22.7. The predicted octanol–water partition coefficient (Wildman–Crippen LogP) is 5.42. The number of likely N-dealkylation sites (tertiary alicyclic amines) is 1. The van der Waals surface area contributed by atoms with Crippen LogP contribution in [0.25, 0.3) is 10.8 Å². The van der Waals surface area contributed by atoms with Gasteiger partial charge in [-0.25, -0.2) is 0 Å². The number of nitrogens with one attached hydrogen (secondary N) is 1. The lowest BCUT2D eigenvalue weighted by Crippen LogP contribution is -2.45. The van der Waals surface area contributed by atoms with Crippen LogP contribution in [0.15, 0.2) is 91.0 Å². The fourth-order valence-corrected chi connectivity index (χ4v) is 5.98. The Kier molecular flexibility index (Phi) is 7.78. The van der Waals surface area contributed by atoms with Gasteiger partial charge in [-0.3, -0.25) is 9.59 Å². The SMILES string of the molecule is O=C(NCCc1ccc2ccccc2c1)c1ccccc1C1CCN(CCN2C(=O)COc3ccccc32)CC1. The van der Waals surface area contributed by atoms with E-state index in [0.717, 1.165) is 61.5 Å². The van der Waals surface area contributed by atoms with Gasteiger partial charge in [0.2, 0.25) is 0 Å². The van der Waals surface area contributed by atoms with Gasteiger partial charge >= 0.3 is 0 Å². The normalized spacial score (nSPS) is 16.0. The molecule has 2 aliphatic rings. The lowest BCUT2D eigenvalue weighted by atomic mass is 9.86. The number of benzene rings is 4. The molecule has 4 aromatic rings. The first kappa shape index (κ1) is 26.1. The Morgan fingerprint density at radius 3 is 2.48 bits per heavy atom. The van der Waals surface area contributed by atoms with Crippen molar-refractivity contribution in [3.63, 3.8) is 0 Å². The van der Waals surface area contributed by atoms with Gasteiger partial charge in [0.15, 0.2) is 6.61 Å². The van der Waals surface area contributed by atoms with Gasteiger partial charge in [-0.15, -0.1) is 0 Å². The Bertz CT molecular complexity index is 1510. The standard InChI is InChI=1S/C34H35N3O3/c38-33-24-40-32-12-6-5-11-31(32)37(33)22-21-36-19-16-27(17-20-36)29-9-3-4-10-30(29)34(39)35-18-15-25-13-14-26-7-1-2-8-28(26)23-25/h1-14,23,27H,15-22,24H2,(H,35,39). The highest BCUT2D eigenvalue weighted by atomic mass is 16.5. The fourth-order valence-electron chi connectivity index (χ4n) is 5.98. The summed E-state index contributed by atoms with van der Waals surface area (Å²) in [6.07, 6.45) is 2.79. The monoisotopic (exact) mass is 533 g/mol. The van der Waals surface area contributed by atoms with E-state index in [1.54, 1.807) is 0 Å². The third-order valence-electron chi connectivity index (χ3n) is 8.19. The number of para-hydroxylation sites is 2. The lowest BCUT2D eigenvalue weighted by molar-refractivity contribution is -0.121. The Morgan fingerprint density at radius 2 is 1.60 bits per heavy atom. The van der Waals surface area contributed by atoms with Crippen LogP contribution < -0.4 is 15.0 Å². The third kappa shape index (κ3) is 5.73. The Labute approximate surface area is 235 Å². The van der Waals surface area contributed by atoms with Crippen molar-refractivity contribution in [2.45, 2.75) is 25.2 Å². The molecule has 0 aliphatic carbocycles. The summed E-state index contributed by atoms with van der Waals surface area (Å²) in [7, 11) is 0. The number of carbonyl (C=O) groups is 2. The van der Waals surface area contributed by atoms with Crippen LogP contribution in [0.5, 0.6) is 5.75 Å². The predicted molar refractivity (Wildman–Crippen MR) is 159 cm³/mol. The molecule has 1 N–H and O–H groups in total. The number of hydrogen-bond acceptors (Lipinski definition) is 4. The molecule has 0 radical (unpaired) electrons. The lowest BCUT2D eigenvalue weighted by Gasteiger charge is -2.35. The van der Waals surface area contributed by atoms with Crippen molar-refractivity contribution in [3.05, 3.63) is 108 Å². The first-order valence-corrected chi connectivity index (χ1v) is 14.2. The second-order valence-corrected chi connectivity index (χ2v) is 10.7. The number of piperidine rings is 1. The van der Waals surface area contributed by atoms with Gasteiger partial charge in [0.25, 0.3) is 11.8 Å². The fraction of sp³-hybridized carbons (Fsp3) is 0.294. The molecule has 0 bridgehead atoms. The summed E-state index contributed by atoms with van der Waals surface area (Å²) >= 11 is 0. The van der Waals surface area contributed by atoms with Crippen LogP contribution in [0.3, 0.4) is 0 Å². The molecule has 6 nitrogen and oxygen atoms in total. The van der Waals surface area contributed by atoms with Crippen LogP contribution in [0, 0.1) is 0 Å². The molecule has 0 spiro atoms. The van der Waals surface area contributed by atoms with Gasteiger partial charge in [0.05, 0.1) is 5.69 Å². The number of anilines is 1. The maximum Gasteiger partial charge on any atom is 0.265 e. The van der Waals surface area contributed by atoms with Gasteiger partial charge in [-0.1, -0.05) is 72.8 Å². The quantitative estimate of drug-likeness (QED) is 0.329. The van der Waals surface area contributed by atoms with E-state index in [1.165, 1.54) is 16.3 Å². The maximum absolute atomic E-state index is 13.2. The molecule has 2 aliphatic heterocycles. The Balaban J connectivity index is 1.02. The van der Waals surface area contributed by atoms with Gasteiger partial charge in [-0.2, -0.15) is 0 Å². The minimum Gasteiger partial charge on any atom is -0.482 e. The van der Waals surface area contributed by atoms with Crippen molar-refractivity contribution in [2.24, 2.45) is 0 Å². The molecular formula is C34H35N3O3. The second-order valence-electron chi connectivity index (χ2n) is 10.7. The van der Waals surface area contributed by atoms with E-state index in [4.69, 9.17) is 4.74 Å². The molecule has 6 rings (SSSR count). The summed E-state index contributed by atoms with van der Waals surface area (Å²) in [4.78, 5) is 30.0. The van der Waals surface area contributed by atoms with Crippen LogP contribution in [-0.2, 0) is 11.2 Å². The number of ether oxygens (including phenoxy) is 1. The van der Waals surface area contributed by atoms with E-state index in [0.29, 0.717) is 19.0 Å². The minimum atomic E-state index is 0.00307. The topological polar surface area (TPSA) is 61.9 Å². The van der Waals surface area contributed by atoms with Crippen LogP contribution in [0.4, 0.5) is 5.69 Å². The number of amides is 2. The van der Waals surface area contributed by atoms with Gasteiger partial charge in [-0.05, 0) is 78.4 Å². The van der Waals surface area contributed by atoms with E-state index in [1.807, 2.05) is 47.4 Å². The molecule has 6 heteroatoms. The van der Waals surface area contributed by atoms with Crippen LogP contribution in [0.2, 0.25) is 0 Å². The number of nitrogens with zero attached hydrogens (tertiary/aromatic N) is 2. The molecule has 40 heavy (non-hydrogen) atoms. The van der Waals surface area contributed by atoms with Crippen molar-refractivity contribution in [1.82, 2.24) is 10.2 Å². The molecule has 1 saturated heterocycles. The van der Waals surface area contributed by atoms with Crippen LogP contribution in [-0.4, -0.2) is 56.0 Å². The van der Waals surface area contributed by atoms with Crippen molar-refractivity contribution in [1.29, 1.82) is 0 Å². The molecule has 1 fully saturated rings. The summed E-state index contributed by atoms with van der Waals surface area (Å²) in [5.74, 6) is 1.13. The van der Waals surface area contributed by atoms with Crippen molar-refractivity contribution < 1.29 is 14.3 Å². The second kappa shape index (κ2) is 11.9. The highest BCUT2D eigenvalue weighted by Crippen LogP contribution is 2.33. The molecular weight excluding hydrogens is 498 g/mol. The summed E-state index contributed by atoms with van der Waals surface area (Å²) in [6, 6.07) is 30.6. The van der Waals surface area contributed by atoms with E-state index in [9.17, 15) is 9.59 Å². The number of hydrogen-bond donors (Lipinski definition) is 1. The highest BCUT2D eigenvalue weighted by molar-refractivity contribution is 5.98. The van der Waals surface area contributed by atoms with Crippen LogP contribution >= 0.6 is 0 Å². The molecule has 0 unspecified atom stereocenters. The number of carbonyl (C=O) groups excluding carboxylic acids is 2. The highest BCUT2D eigenvalue weighted by Gasteiger charge is 2.28. The van der Waals surface area contributed by atoms with Crippen molar-refractivity contribution in [2.75, 3.05) is 44.2 Å². The molecule has 2 amide bonds. The summed E-state index contributed by atoms with van der Waals surface area (Å²) in [6.45, 7) is 4.07. The van der Waals surface area contributed by atoms with Crippen LogP contribution in [0.1, 0.15) is 40.2 Å². The third-order valence-corrected chi connectivity index (χ3v) is 8.19. The van der Waals surface area contributed by atoms with E-state index in [2.05, 4.69) is 58.7 Å². The summed E-state index contributed by atoms with van der Waals surface area (Å²) in [5, 5.41) is 5.61. The summed E-state index contributed by atoms with van der Waals surface area (Å²) < 4.78 is 5.58. The van der Waals surface area contributed by atoms with E-state index < -0.39 is 0 Å². The van der Waals surface area contributed by atoms with Gasteiger partial charge in [0.1, 0.15) is 5.75 Å². The minimum absolute atomic E-state index is 0.00307. The Hall–Kier alpha value is -4.16. The van der Waals surface area contributed by atoms with Crippen molar-refractivity contribution in [3.8, 4) is 5.75 Å². The molecule has 0 aromatic heterocycles. The molecule has 204 valence electrons. The number of fused-ring (bicyclic) bond motifs is 2. The van der Waals surface area contributed by atoms with E-state index in [-0.39, 0.29) is 18.4 Å². The Morgan fingerprint density at radius 1 is 0.850 bits per heavy atom. The first-order chi connectivity index (χ1) is 19.7. The zero-order valence-corrected chi connectivity index (χ0v) is 22.7. The van der Waals surface area contributed by atoms with Crippen molar-refractivity contribution >= 4 is 28.3 Å². The van der Waals surface area contributed by atoms with E-state index >= 15 is 0 Å². The average molecular weight is 534 g/mol. The molecule has 0 saturated carbocycles. The van der Waals surface area contributed by atoms with Gasteiger partial charge < -0.3 is 19.9 Å². The first-order valence-electron chi connectivity index (χ1n) is 14.2. The summed E-state index contributed by atoms with van der Waals surface area (Å²) in [5.41, 5.74) is 4.01. The largest absolute Gasteiger partial charge is 0.482 e. The molecule has 0 atom stereocenters. The number of rotatable bonds is 8. The zero-order chi connectivity index (χ0) is 27.3. The maximum atomic E-state index is 13.2. The smallest absolute Gasteiger partial charge is 0.265 e. The molecule has 2 heterocycles. The average Bonchev–Trinajstić information content (AvgIpc) is 3.01. The van der Waals surface area contributed by atoms with Gasteiger partial charge in [0, 0.05) is 25.2 Å². The molecule has 4 aromatic carbocycles.